The Morgan fingerprint density at radius 2 is 1.54 bits per heavy atom. The molecule has 1 aliphatic rings. The quantitative estimate of drug-likeness (QED) is 0.123. The molecule has 0 bridgehead atoms. The van der Waals surface area contributed by atoms with Crippen LogP contribution in [0.15, 0.2) is 78.9 Å². The molecule has 0 saturated heterocycles. The predicted molar refractivity (Wildman–Crippen MR) is 171 cm³/mol. The highest BCUT2D eigenvalue weighted by Gasteiger charge is 2.22. The van der Waals surface area contributed by atoms with Crippen LogP contribution in [0.1, 0.15) is 94.2 Å². The summed E-state index contributed by atoms with van der Waals surface area (Å²) in [5.41, 5.74) is 9.65. The Hall–Kier alpha value is -3.17. The molecule has 1 N–H and O–H groups in total. The lowest BCUT2D eigenvalue weighted by Gasteiger charge is -2.29. The van der Waals surface area contributed by atoms with Crippen molar-refractivity contribution >= 4 is 5.97 Å². The maximum Gasteiger partial charge on any atom is 0.335 e. The Bertz CT molecular complexity index is 1250. The van der Waals surface area contributed by atoms with Gasteiger partial charge in [-0.15, -0.1) is 0 Å². The lowest BCUT2D eigenvalue weighted by atomic mass is 9.77. The van der Waals surface area contributed by atoms with E-state index in [1.807, 2.05) is 0 Å². The Morgan fingerprint density at radius 3 is 2.20 bits per heavy atom. The van der Waals surface area contributed by atoms with Crippen LogP contribution in [0.2, 0.25) is 0 Å². The zero-order chi connectivity index (χ0) is 29.0. The molecule has 0 atom stereocenters. The van der Waals surface area contributed by atoms with Crippen LogP contribution in [0.25, 0.3) is 22.3 Å². The number of hydrogen-bond acceptors (Lipinski definition) is 3. The van der Waals surface area contributed by atoms with Gasteiger partial charge >= 0.3 is 5.97 Å². The number of benzene rings is 3. The van der Waals surface area contributed by atoms with Crippen molar-refractivity contribution in [3.05, 3.63) is 95.6 Å². The van der Waals surface area contributed by atoms with Gasteiger partial charge in [0.1, 0.15) is 0 Å². The van der Waals surface area contributed by atoms with Crippen LogP contribution in [0, 0.1) is 5.92 Å². The van der Waals surface area contributed by atoms with Gasteiger partial charge in [0.25, 0.3) is 0 Å². The highest BCUT2D eigenvalue weighted by atomic mass is 16.5. The van der Waals surface area contributed by atoms with E-state index in [-0.39, 0.29) is 12.2 Å². The third-order valence-corrected chi connectivity index (χ3v) is 8.85. The summed E-state index contributed by atoms with van der Waals surface area (Å²) in [6.45, 7) is 8.09. The molecule has 1 saturated carbocycles. The van der Waals surface area contributed by atoms with E-state index in [1.165, 1.54) is 90.3 Å². The van der Waals surface area contributed by atoms with Crippen LogP contribution in [0.5, 0.6) is 0 Å². The van der Waals surface area contributed by atoms with Crippen molar-refractivity contribution in [1.29, 1.82) is 0 Å². The van der Waals surface area contributed by atoms with Crippen LogP contribution >= 0.6 is 0 Å². The Morgan fingerprint density at radius 1 is 0.854 bits per heavy atom. The minimum Gasteiger partial charge on any atom is -0.462 e. The second-order valence-electron chi connectivity index (χ2n) is 11.8. The number of aryl methyl sites for hydroxylation is 2. The van der Waals surface area contributed by atoms with Gasteiger partial charge < -0.3 is 9.84 Å². The molecule has 3 heteroatoms. The summed E-state index contributed by atoms with van der Waals surface area (Å²) in [4.78, 5) is 11.6. The second kappa shape index (κ2) is 15.7. The fraction of sp³-hybridized carbons (Fsp3) is 0.447. The Labute approximate surface area is 247 Å². The van der Waals surface area contributed by atoms with Gasteiger partial charge in [0, 0.05) is 0 Å². The fourth-order valence-corrected chi connectivity index (χ4v) is 6.21. The van der Waals surface area contributed by atoms with Crippen LogP contribution in [0.3, 0.4) is 0 Å². The summed E-state index contributed by atoms with van der Waals surface area (Å²) >= 11 is 0. The van der Waals surface area contributed by atoms with Crippen molar-refractivity contribution in [2.45, 2.75) is 90.4 Å². The van der Waals surface area contributed by atoms with Gasteiger partial charge in [-0.2, -0.15) is 0 Å². The molecule has 0 aromatic heterocycles. The normalized spacial score (nSPS) is 16.9. The first-order chi connectivity index (χ1) is 20.0. The van der Waals surface area contributed by atoms with Crippen molar-refractivity contribution in [3.63, 3.8) is 0 Å². The number of aliphatic hydroxyl groups excluding tert-OH is 1. The highest BCUT2D eigenvalue weighted by molar-refractivity contribution is 5.87. The van der Waals surface area contributed by atoms with Gasteiger partial charge in [0.05, 0.1) is 18.8 Å². The van der Waals surface area contributed by atoms with Crippen molar-refractivity contribution < 1.29 is 14.6 Å². The van der Waals surface area contributed by atoms with Gasteiger partial charge in [-0.1, -0.05) is 100.0 Å². The van der Waals surface area contributed by atoms with Gasteiger partial charge in [-0.05, 0) is 109 Å². The summed E-state index contributed by atoms with van der Waals surface area (Å²) in [6, 6.07) is 25.4. The molecular formula is C38H48O3. The zero-order valence-corrected chi connectivity index (χ0v) is 25.2. The number of aliphatic hydroxyl groups is 1. The maximum atomic E-state index is 11.6. The third kappa shape index (κ3) is 8.66. The van der Waals surface area contributed by atoms with Crippen molar-refractivity contribution in [2.24, 2.45) is 5.92 Å². The van der Waals surface area contributed by atoms with E-state index >= 15 is 0 Å². The average molecular weight is 553 g/mol. The van der Waals surface area contributed by atoms with E-state index in [2.05, 4.69) is 87.2 Å². The van der Waals surface area contributed by atoms with Gasteiger partial charge in [0.15, 0.2) is 0 Å². The number of carbonyl (C=O) groups is 1. The number of hydrogen-bond donors (Lipinski definition) is 1. The van der Waals surface area contributed by atoms with E-state index in [0.29, 0.717) is 18.4 Å². The Balaban J connectivity index is 1.30. The van der Waals surface area contributed by atoms with Crippen LogP contribution < -0.4 is 0 Å². The zero-order valence-electron chi connectivity index (χ0n) is 25.2. The molecule has 218 valence electrons. The molecule has 0 radical (unpaired) electrons. The molecule has 41 heavy (non-hydrogen) atoms. The molecule has 3 aromatic carbocycles. The molecule has 3 nitrogen and oxygen atoms in total. The SMILES string of the molecule is C=C(CO)C(=O)OCCCC1CCC(c2ccc(-c3ccc(-c4ccc(CCCCC)cc4)c(CC)c3)cc2)CC1. The molecule has 0 amide bonds. The lowest BCUT2D eigenvalue weighted by Crippen LogP contribution is -2.15. The van der Waals surface area contributed by atoms with Crippen LogP contribution in [-0.4, -0.2) is 24.3 Å². The van der Waals surface area contributed by atoms with Crippen molar-refractivity contribution in [3.8, 4) is 22.3 Å². The van der Waals surface area contributed by atoms with Gasteiger partial charge in [-0.25, -0.2) is 4.79 Å². The fourth-order valence-electron chi connectivity index (χ4n) is 6.21. The van der Waals surface area contributed by atoms with E-state index < -0.39 is 5.97 Å². The molecule has 0 heterocycles. The molecule has 3 aromatic rings. The second-order valence-corrected chi connectivity index (χ2v) is 11.8. The summed E-state index contributed by atoms with van der Waals surface area (Å²) in [5, 5.41) is 8.96. The topological polar surface area (TPSA) is 46.5 Å². The molecule has 4 rings (SSSR count). The molecule has 0 spiro atoms. The number of ether oxygens (including phenoxy) is 1. The first kappa shape index (κ1) is 30.8. The monoisotopic (exact) mass is 552 g/mol. The first-order valence-electron chi connectivity index (χ1n) is 15.8. The maximum absolute atomic E-state index is 11.6. The molecular weight excluding hydrogens is 504 g/mol. The standard InChI is InChI=1S/C38H48O3/c1-4-6-7-9-29-13-17-35(18-14-29)37-24-23-36(26-31(37)5-2)34-21-19-33(20-22-34)32-15-11-30(12-16-32)10-8-25-41-38(40)28(3)27-39/h13-14,17-24,26,30,32,39H,3-12,15-16,25,27H2,1-2H3. The van der Waals surface area contributed by atoms with Gasteiger partial charge in [-0.3, -0.25) is 0 Å². The minimum atomic E-state index is -0.482. The van der Waals surface area contributed by atoms with E-state index in [0.717, 1.165) is 19.3 Å². The average Bonchev–Trinajstić information content (AvgIpc) is 3.03. The third-order valence-electron chi connectivity index (χ3n) is 8.85. The highest BCUT2D eigenvalue weighted by Crippen LogP contribution is 2.38. The van der Waals surface area contributed by atoms with Crippen LogP contribution in [-0.2, 0) is 22.4 Å². The van der Waals surface area contributed by atoms with Crippen molar-refractivity contribution in [1.82, 2.24) is 0 Å². The summed E-state index contributed by atoms with van der Waals surface area (Å²) in [5.74, 6) is 0.849. The molecule has 1 aliphatic carbocycles. The summed E-state index contributed by atoms with van der Waals surface area (Å²) in [7, 11) is 0. The number of esters is 1. The largest absolute Gasteiger partial charge is 0.462 e. The van der Waals surface area contributed by atoms with Gasteiger partial charge in [0.2, 0.25) is 0 Å². The first-order valence-corrected chi connectivity index (χ1v) is 15.8. The molecule has 1 fully saturated rings. The molecule has 0 aliphatic heterocycles. The smallest absolute Gasteiger partial charge is 0.335 e. The Kier molecular flexibility index (Phi) is 11.8. The number of unbranched alkanes of at least 4 members (excludes halogenated alkanes) is 2. The summed E-state index contributed by atoms with van der Waals surface area (Å²) < 4.78 is 5.19. The predicted octanol–water partition coefficient (Wildman–Crippen LogP) is 9.46. The number of rotatable bonds is 14. The van der Waals surface area contributed by atoms with E-state index in [1.54, 1.807) is 0 Å². The van der Waals surface area contributed by atoms with Crippen molar-refractivity contribution in [2.75, 3.05) is 13.2 Å². The minimum absolute atomic E-state index is 0.123. The summed E-state index contributed by atoms with van der Waals surface area (Å²) in [6.07, 6.45) is 12.9. The number of carbonyl (C=O) groups excluding carboxylic acids is 1. The van der Waals surface area contributed by atoms with E-state index in [4.69, 9.17) is 9.84 Å². The van der Waals surface area contributed by atoms with Crippen LogP contribution in [0.4, 0.5) is 0 Å². The molecule has 0 unspecified atom stereocenters. The van der Waals surface area contributed by atoms with E-state index in [9.17, 15) is 4.79 Å². The lowest BCUT2D eigenvalue weighted by molar-refractivity contribution is -0.139.